The highest BCUT2D eigenvalue weighted by atomic mass is 16.2. The molecule has 1 amide bonds. The van der Waals surface area contributed by atoms with E-state index in [4.69, 9.17) is 0 Å². The lowest BCUT2D eigenvalue weighted by atomic mass is 10.0. The zero-order valence-electron chi connectivity index (χ0n) is 13.5. The molecule has 3 nitrogen and oxygen atoms in total. The summed E-state index contributed by atoms with van der Waals surface area (Å²) in [6.45, 7) is 1.33. The maximum absolute atomic E-state index is 12.5. The molecule has 0 unspecified atom stereocenters. The Morgan fingerprint density at radius 2 is 1.75 bits per heavy atom. The first-order valence-corrected chi connectivity index (χ1v) is 8.41. The van der Waals surface area contributed by atoms with Gasteiger partial charge in [-0.2, -0.15) is 0 Å². The summed E-state index contributed by atoms with van der Waals surface area (Å²) in [5, 5.41) is 5.35. The van der Waals surface area contributed by atoms with E-state index in [2.05, 4.69) is 40.5 Å². The molecule has 0 aliphatic carbocycles. The highest BCUT2D eigenvalue weighted by molar-refractivity contribution is 5.96. The van der Waals surface area contributed by atoms with E-state index in [1.165, 1.54) is 16.6 Å². The van der Waals surface area contributed by atoms with Crippen LogP contribution in [-0.2, 0) is 11.2 Å². The zero-order valence-corrected chi connectivity index (χ0v) is 13.5. The number of carbonyl (C=O) groups excluding carboxylic acids is 1. The Labute approximate surface area is 141 Å². The van der Waals surface area contributed by atoms with Gasteiger partial charge in [-0.1, -0.05) is 48.5 Å². The maximum atomic E-state index is 12.5. The Kier molecular flexibility index (Phi) is 3.91. The first kappa shape index (κ1) is 14.8. The van der Waals surface area contributed by atoms with E-state index in [9.17, 15) is 4.79 Å². The van der Waals surface area contributed by atoms with Gasteiger partial charge in [0.05, 0.1) is 6.54 Å². The quantitative estimate of drug-likeness (QED) is 0.784. The molecule has 3 aromatic rings. The van der Waals surface area contributed by atoms with Gasteiger partial charge in [0.15, 0.2) is 0 Å². The number of carbonyl (C=O) groups is 1. The van der Waals surface area contributed by atoms with Crippen molar-refractivity contribution in [3.8, 4) is 0 Å². The minimum Gasteiger partial charge on any atom is -0.362 e. The summed E-state index contributed by atoms with van der Waals surface area (Å²) >= 11 is 0. The molecule has 0 bridgehead atoms. The van der Waals surface area contributed by atoms with Gasteiger partial charge in [0, 0.05) is 17.9 Å². The fourth-order valence-corrected chi connectivity index (χ4v) is 3.42. The van der Waals surface area contributed by atoms with E-state index < -0.39 is 0 Å². The van der Waals surface area contributed by atoms with E-state index in [-0.39, 0.29) is 5.91 Å². The molecule has 0 aromatic heterocycles. The third-order valence-corrected chi connectivity index (χ3v) is 4.57. The van der Waals surface area contributed by atoms with Crippen molar-refractivity contribution in [1.82, 2.24) is 0 Å². The topological polar surface area (TPSA) is 32.3 Å². The highest BCUT2D eigenvalue weighted by Gasteiger charge is 2.18. The predicted molar refractivity (Wildman–Crippen MR) is 99.6 cm³/mol. The first-order valence-electron chi connectivity index (χ1n) is 8.41. The molecule has 1 aliphatic rings. The molecular formula is C21H20N2O. The number of nitrogens with zero attached hydrogens (tertiary/aromatic N) is 1. The van der Waals surface area contributed by atoms with Crippen molar-refractivity contribution in [2.75, 3.05) is 23.3 Å². The summed E-state index contributed by atoms with van der Waals surface area (Å²) in [4.78, 5) is 14.6. The standard InChI is InChI=1S/C21H20N2O/c24-21(15-23-13-5-9-17-7-3-4-10-20(17)23)22-19-12-11-16-6-1-2-8-18(16)14-19/h1-4,6-8,10-12,14H,5,9,13,15H2,(H,22,24). The number of fused-ring (bicyclic) bond motifs is 2. The van der Waals surface area contributed by atoms with Gasteiger partial charge in [0.2, 0.25) is 5.91 Å². The molecule has 0 saturated heterocycles. The molecule has 1 heterocycles. The van der Waals surface area contributed by atoms with Gasteiger partial charge in [-0.25, -0.2) is 0 Å². The van der Waals surface area contributed by atoms with Gasteiger partial charge in [-0.15, -0.1) is 0 Å². The van der Waals surface area contributed by atoms with Crippen molar-refractivity contribution in [3.05, 3.63) is 72.3 Å². The summed E-state index contributed by atoms with van der Waals surface area (Å²) < 4.78 is 0. The summed E-state index contributed by atoms with van der Waals surface area (Å²) in [6, 6.07) is 22.6. The average Bonchev–Trinajstić information content (AvgIpc) is 2.62. The van der Waals surface area contributed by atoms with Crippen LogP contribution in [0.5, 0.6) is 0 Å². The van der Waals surface area contributed by atoms with Crippen LogP contribution in [0.15, 0.2) is 66.7 Å². The second-order valence-corrected chi connectivity index (χ2v) is 6.26. The van der Waals surface area contributed by atoms with Crippen molar-refractivity contribution in [1.29, 1.82) is 0 Å². The number of rotatable bonds is 3. The van der Waals surface area contributed by atoms with E-state index in [0.717, 1.165) is 30.5 Å². The molecule has 24 heavy (non-hydrogen) atoms. The molecule has 4 rings (SSSR count). The third-order valence-electron chi connectivity index (χ3n) is 4.57. The Hall–Kier alpha value is -2.81. The normalized spacial score (nSPS) is 13.6. The van der Waals surface area contributed by atoms with E-state index in [1.54, 1.807) is 0 Å². The second-order valence-electron chi connectivity index (χ2n) is 6.26. The number of benzene rings is 3. The molecule has 0 saturated carbocycles. The molecule has 0 spiro atoms. The van der Waals surface area contributed by atoms with Crippen molar-refractivity contribution < 1.29 is 4.79 Å². The largest absolute Gasteiger partial charge is 0.362 e. The van der Waals surface area contributed by atoms with Gasteiger partial charge >= 0.3 is 0 Å². The van der Waals surface area contributed by atoms with Crippen molar-refractivity contribution >= 4 is 28.1 Å². The predicted octanol–water partition coefficient (Wildman–Crippen LogP) is 4.23. The van der Waals surface area contributed by atoms with Crippen LogP contribution in [0.2, 0.25) is 0 Å². The molecular weight excluding hydrogens is 296 g/mol. The van der Waals surface area contributed by atoms with Crippen LogP contribution in [0.25, 0.3) is 10.8 Å². The monoisotopic (exact) mass is 316 g/mol. The number of anilines is 2. The molecule has 0 radical (unpaired) electrons. The van der Waals surface area contributed by atoms with Gasteiger partial charge in [-0.3, -0.25) is 4.79 Å². The smallest absolute Gasteiger partial charge is 0.243 e. The van der Waals surface area contributed by atoms with Gasteiger partial charge in [-0.05, 0) is 47.4 Å². The Balaban J connectivity index is 1.48. The van der Waals surface area contributed by atoms with Crippen LogP contribution in [0, 0.1) is 0 Å². The van der Waals surface area contributed by atoms with Crippen molar-refractivity contribution in [3.63, 3.8) is 0 Å². The molecule has 0 fully saturated rings. The number of para-hydroxylation sites is 1. The van der Waals surface area contributed by atoms with Gasteiger partial charge in [0.1, 0.15) is 0 Å². The summed E-state index contributed by atoms with van der Waals surface area (Å²) in [7, 11) is 0. The fraction of sp³-hybridized carbons (Fsp3) is 0.190. The number of amides is 1. The fourth-order valence-electron chi connectivity index (χ4n) is 3.42. The summed E-state index contributed by atoms with van der Waals surface area (Å²) in [5.74, 6) is 0.0296. The van der Waals surface area contributed by atoms with E-state index in [1.807, 2.05) is 36.4 Å². The summed E-state index contributed by atoms with van der Waals surface area (Å²) in [6.07, 6.45) is 2.19. The SMILES string of the molecule is O=C(CN1CCCc2ccccc21)Nc1ccc2ccccc2c1. The van der Waals surface area contributed by atoms with Crippen LogP contribution >= 0.6 is 0 Å². The average molecular weight is 316 g/mol. The molecule has 0 atom stereocenters. The maximum Gasteiger partial charge on any atom is 0.243 e. The number of nitrogens with one attached hydrogen (secondary N) is 1. The lowest BCUT2D eigenvalue weighted by molar-refractivity contribution is -0.115. The van der Waals surface area contributed by atoms with Crippen LogP contribution in [0.3, 0.4) is 0 Å². The van der Waals surface area contributed by atoms with Gasteiger partial charge in [0.25, 0.3) is 0 Å². The lowest BCUT2D eigenvalue weighted by Gasteiger charge is -2.30. The van der Waals surface area contributed by atoms with Crippen molar-refractivity contribution in [2.24, 2.45) is 0 Å². The Morgan fingerprint density at radius 3 is 2.67 bits per heavy atom. The van der Waals surface area contributed by atoms with Crippen molar-refractivity contribution in [2.45, 2.75) is 12.8 Å². The minimum atomic E-state index is 0.0296. The number of hydrogen-bond acceptors (Lipinski definition) is 2. The first-order chi connectivity index (χ1) is 11.8. The zero-order chi connectivity index (χ0) is 16.4. The van der Waals surface area contributed by atoms with Gasteiger partial charge < -0.3 is 10.2 Å². The van der Waals surface area contributed by atoms with Crippen LogP contribution in [0.4, 0.5) is 11.4 Å². The minimum absolute atomic E-state index is 0.0296. The number of hydrogen-bond donors (Lipinski definition) is 1. The molecule has 120 valence electrons. The van der Waals surface area contributed by atoms with Crippen LogP contribution < -0.4 is 10.2 Å². The summed E-state index contributed by atoms with van der Waals surface area (Å²) in [5.41, 5.74) is 3.38. The highest BCUT2D eigenvalue weighted by Crippen LogP contribution is 2.26. The Morgan fingerprint density at radius 1 is 0.958 bits per heavy atom. The third kappa shape index (κ3) is 2.98. The lowest BCUT2D eigenvalue weighted by Crippen LogP contribution is -2.36. The molecule has 1 aliphatic heterocycles. The van der Waals surface area contributed by atoms with E-state index >= 15 is 0 Å². The van der Waals surface area contributed by atoms with Crippen LogP contribution in [0.1, 0.15) is 12.0 Å². The molecule has 3 heteroatoms. The molecule has 3 aromatic carbocycles. The van der Waals surface area contributed by atoms with E-state index in [0.29, 0.717) is 6.54 Å². The molecule has 1 N–H and O–H groups in total. The second kappa shape index (κ2) is 6.36. The Bertz CT molecular complexity index is 888. The number of aryl methyl sites for hydroxylation is 1. The van der Waals surface area contributed by atoms with Crippen LogP contribution in [-0.4, -0.2) is 19.0 Å².